The van der Waals surface area contributed by atoms with E-state index in [1.807, 2.05) is 25.1 Å². The number of halogens is 1. The fourth-order valence-electron chi connectivity index (χ4n) is 2.50. The summed E-state index contributed by atoms with van der Waals surface area (Å²) < 4.78 is 0.986. The second kappa shape index (κ2) is 7.59. The van der Waals surface area contributed by atoms with Gasteiger partial charge in [0, 0.05) is 43.1 Å². The van der Waals surface area contributed by atoms with Crippen LogP contribution in [0.2, 0.25) is 0 Å². The largest absolute Gasteiger partial charge is 0.355 e. The molecule has 0 spiro atoms. The third-order valence-electron chi connectivity index (χ3n) is 3.75. The van der Waals surface area contributed by atoms with Gasteiger partial charge in [0.25, 0.3) is 0 Å². The molecule has 2 rings (SSSR count). The lowest BCUT2D eigenvalue weighted by molar-refractivity contribution is -0.126. The normalized spacial score (nSPS) is 17.3. The Morgan fingerprint density at radius 2 is 2.00 bits per heavy atom. The molecule has 1 aromatic carbocycles. The predicted octanol–water partition coefficient (Wildman–Crippen LogP) is 1.36. The molecule has 0 radical (unpaired) electrons. The second-order valence-corrected chi connectivity index (χ2v) is 6.47. The van der Waals surface area contributed by atoms with Gasteiger partial charge in [0.15, 0.2) is 0 Å². The predicted molar refractivity (Wildman–Crippen MR) is 91.0 cm³/mol. The van der Waals surface area contributed by atoms with Gasteiger partial charge in [-0.1, -0.05) is 15.9 Å². The number of rotatable bonds is 5. The smallest absolute Gasteiger partial charge is 0.227 e. The van der Waals surface area contributed by atoms with Crippen LogP contribution in [0.1, 0.15) is 18.9 Å². The number of aryl methyl sites for hydroxylation is 1. The van der Waals surface area contributed by atoms with Crippen LogP contribution in [-0.2, 0) is 14.4 Å². The maximum absolute atomic E-state index is 12.2. The Labute approximate surface area is 143 Å². The molecule has 1 heterocycles. The summed E-state index contributed by atoms with van der Waals surface area (Å²) in [5.74, 6) is -0.690. The molecule has 124 valence electrons. The van der Waals surface area contributed by atoms with Gasteiger partial charge in [0.2, 0.25) is 17.7 Å². The van der Waals surface area contributed by atoms with Gasteiger partial charge in [-0.15, -0.1) is 0 Å². The highest BCUT2D eigenvalue weighted by molar-refractivity contribution is 9.10. The van der Waals surface area contributed by atoms with Crippen molar-refractivity contribution in [1.82, 2.24) is 10.6 Å². The van der Waals surface area contributed by atoms with E-state index in [1.165, 1.54) is 6.92 Å². The van der Waals surface area contributed by atoms with Gasteiger partial charge < -0.3 is 15.5 Å². The molecular weight excluding hydrogens is 362 g/mol. The summed E-state index contributed by atoms with van der Waals surface area (Å²) in [6.45, 7) is 4.51. The number of carbonyl (C=O) groups excluding carboxylic acids is 3. The molecule has 1 atom stereocenters. The van der Waals surface area contributed by atoms with E-state index in [1.54, 1.807) is 4.90 Å². The first-order chi connectivity index (χ1) is 10.9. The minimum absolute atomic E-state index is 0.0475. The minimum Gasteiger partial charge on any atom is -0.355 e. The molecule has 0 saturated carbocycles. The van der Waals surface area contributed by atoms with Crippen molar-refractivity contribution in [1.29, 1.82) is 0 Å². The Bertz CT molecular complexity index is 633. The van der Waals surface area contributed by atoms with E-state index in [0.29, 0.717) is 19.6 Å². The average molecular weight is 382 g/mol. The first-order valence-corrected chi connectivity index (χ1v) is 8.26. The number of benzene rings is 1. The molecule has 7 heteroatoms. The molecule has 1 fully saturated rings. The Balaban J connectivity index is 1.92. The van der Waals surface area contributed by atoms with Crippen LogP contribution in [-0.4, -0.2) is 37.4 Å². The highest BCUT2D eigenvalue weighted by Crippen LogP contribution is 2.28. The highest BCUT2D eigenvalue weighted by atomic mass is 79.9. The molecular formula is C16H20BrN3O3. The van der Waals surface area contributed by atoms with Crippen LogP contribution in [0.25, 0.3) is 0 Å². The van der Waals surface area contributed by atoms with E-state index in [0.717, 1.165) is 15.7 Å². The van der Waals surface area contributed by atoms with E-state index >= 15 is 0 Å². The van der Waals surface area contributed by atoms with Crippen LogP contribution in [0.15, 0.2) is 22.7 Å². The van der Waals surface area contributed by atoms with Crippen molar-refractivity contribution in [3.8, 4) is 0 Å². The molecule has 3 amide bonds. The summed E-state index contributed by atoms with van der Waals surface area (Å²) in [4.78, 5) is 36.7. The molecule has 1 unspecified atom stereocenters. The topological polar surface area (TPSA) is 78.5 Å². The van der Waals surface area contributed by atoms with Crippen molar-refractivity contribution in [3.63, 3.8) is 0 Å². The summed E-state index contributed by atoms with van der Waals surface area (Å²) in [6, 6.07) is 5.70. The number of hydrogen-bond donors (Lipinski definition) is 2. The molecule has 6 nitrogen and oxygen atoms in total. The zero-order valence-corrected chi connectivity index (χ0v) is 14.8. The molecule has 0 aliphatic carbocycles. The summed E-state index contributed by atoms with van der Waals surface area (Å²) in [5.41, 5.74) is 1.85. The van der Waals surface area contributed by atoms with E-state index in [9.17, 15) is 14.4 Å². The standard InChI is InChI=1S/C16H20BrN3O3/c1-10-7-13(3-4-14(10)17)20-9-12(8-15(20)22)16(23)19-6-5-18-11(2)21/h3-4,7,12H,5-6,8-9H2,1-2H3,(H,18,21)(H,19,23). The monoisotopic (exact) mass is 381 g/mol. The molecule has 1 aliphatic rings. The Kier molecular flexibility index (Phi) is 5.76. The third kappa shape index (κ3) is 4.54. The molecule has 2 N–H and O–H groups in total. The van der Waals surface area contributed by atoms with Crippen molar-refractivity contribution < 1.29 is 14.4 Å². The van der Waals surface area contributed by atoms with Gasteiger partial charge in [-0.25, -0.2) is 0 Å². The Morgan fingerprint density at radius 1 is 1.30 bits per heavy atom. The zero-order valence-electron chi connectivity index (χ0n) is 13.2. The molecule has 1 aromatic rings. The highest BCUT2D eigenvalue weighted by Gasteiger charge is 2.35. The van der Waals surface area contributed by atoms with Crippen LogP contribution >= 0.6 is 15.9 Å². The molecule has 1 saturated heterocycles. The summed E-state index contributed by atoms with van der Waals surface area (Å²) >= 11 is 3.44. The molecule has 1 aliphatic heterocycles. The van der Waals surface area contributed by atoms with Gasteiger partial charge in [0.1, 0.15) is 0 Å². The van der Waals surface area contributed by atoms with Crippen molar-refractivity contribution in [2.45, 2.75) is 20.3 Å². The fraction of sp³-hybridized carbons (Fsp3) is 0.438. The van der Waals surface area contributed by atoms with Gasteiger partial charge in [-0.2, -0.15) is 0 Å². The maximum atomic E-state index is 12.2. The maximum Gasteiger partial charge on any atom is 0.227 e. The van der Waals surface area contributed by atoms with E-state index in [2.05, 4.69) is 26.6 Å². The fourth-order valence-corrected chi connectivity index (χ4v) is 2.74. The first kappa shape index (κ1) is 17.5. The second-order valence-electron chi connectivity index (χ2n) is 5.61. The summed E-state index contributed by atoms with van der Waals surface area (Å²) in [5, 5.41) is 5.36. The van der Waals surface area contributed by atoms with Gasteiger partial charge >= 0.3 is 0 Å². The number of amides is 3. The van der Waals surface area contributed by atoms with Crippen LogP contribution < -0.4 is 15.5 Å². The van der Waals surface area contributed by atoms with Crippen molar-refractivity contribution in [2.24, 2.45) is 5.92 Å². The van der Waals surface area contributed by atoms with Gasteiger partial charge in [0.05, 0.1) is 5.92 Å². The number of hydrogen-bond acceptors (Lipinski definition) is 3. The lowest BCUT2D eigenvalue weighted by Crippen LogP contribution is -2.37. The lowest BCUT2D eigenvalue weighted by atomic mass is 10.1. The van der Waals surface area contributed by atoms with Crippen LogP contribution in [0, 0.1) is 12.8 Å². The number of anilines is 1. The van der Waals surface area contributed by atoms with Gasteiger partial charge in [-0.3, -0.25) is 14.4 Å². The van der Waals surface area contributed by atoms with E-state index < -0.39 is 0 Å². The molecule has 0 bridgehead atoms. The first-order valence-electron chi connectivity index (χ1n) is 7.47. The molecule has 0 aromatic heterocycles. The summed E-state index contributed by atoms with van der Waals surface area (Å²) in [7, 11) is 0. The average Bonchev–Trinajstić information content (AvgIpc) is 2.88. The van der Waals surface area contributed by atoms with Crippen LogP contribution in [0.5, 0.6) is 0 Å². The Morgan fingerprint density at radius 3 is 2.65 bits per heavy atom. The van der Waals surface area contributed by atoms with E-state index in [4.69, 9.17) is 0 Å². The minimum atomic E-state index is -0.358. The number of carbonyl (C=O) groups is 3. The third-order valence-corrected chi connectivity index (χ3v) is 4.64. The van der Waals surface area contributed by atoms with Crippen LogP contribution in [0.3, 0.4) is 0 Å². The Hall–Kier alpha value is -1.89. The SMILES string of the molecule is CC(=O)NCCNC(=O)C1CC(=O)N(c2ccc(Br)c(C)c2)C1. The lowest BCUT2D eigenvalue weighted by Gasteiger charge is -2.17. The zero-order chi connectivity index (χ0) is 17.0. The van der Waals surface area contributed by atoms with Crippen molar-refractivity contribution in [2.75, 3.05) is 24.5 Å². The van der Waals surface area contributed by atoms with Gasteiger partial charge in [-0.05, 0) is 30.7 Å². The van der Waals surface area contributed by atoms with Crippen molar-refractivity contribution >= 4 is 39.3 Å². The van der Waals surface area contributed by atoms with E-state index in [-0.39, 0.29) is 30.1 Å². The molecule has 23 heavy (non-hydrogen) atoms. The van der Waals surface area contributed by atoms with Crippen molar-refractivity contribution in [3.05, 3.63) is 28.2 Å². The summed E-state index contributed by atoms with van der Waals surface area (Å²) in [6.07, 6.45) is 0.209. The quantitative estimate of drug-likeness (QED) is 0.755. The number of nitrogens with one attached hydrogen (secondary N) is 2. The number of nitrogens with zero attached hydrogens (tertiary/aromatic N) is 1. The van der Waals surface area contributed by atoms with Crippen LogP contribution in [0.4, 0.5) is 5.69 Å².